The number of hydrogen-bond donors (Lipinski definition) is 1. The summed E-state index contributed by atoms with van der Waals surface area (Å²) in [6, 6.07) is 6.75. The van der Waals surface area contributed by atoms with Crippen LogP contribution in [0.25, 0.3) is 22.9 Å². The van der Waals surface area contributed by atoms with Crippen LogP contribution in [-0.4, -0.2) is 54.6 Å². The molecule has 0 spiro atoms. The molecule has 0 amide bonds. The molecule has 158 valence electrons. The number of imidazole rings is 1. The van der Waals surface area contributed by atoms with Crippen molar-refractivity contribution in [3.8, 4) is 28.7 Å². The Morgan fingerprint density at radius 3 is 2.73 bits per heavy atom. The fourth-order valence-corrected chi connectivity index (χ4v) is 4.23. The Kier molecular flexibility index (Phi) is 4.44. The van der Waals surface area contributed by atoms with E-state index in [9.17, 15) is 0 Å². The summed E-state index contributed by atoms with van der Waals surface area (Å²) < 4.78 is 10.2. The van der Waals surface area contributed by atoms with Crippen LogP contribution in [0.4, 0.5) is 0 Å². The van der Waals surface area contributed by atoms with E-state index >= 15 is 0 Å². The van der Waals surface area contributed by atoms with Gasteiger partial charge < -0.3 is 15.0 Å². The number of ether oxygens (including phenoxy) is 1. The van der Waals surface area contributed by atoms with Gasteiger partial charge in [-0.25, -0.2) is 14.6 Å². The normalized spacial score (nSPS) is 17.3. The maximum atomic E-state index is 6.22. The molecule has 0 radical (unpaired) electrons. The minimum Gasteiger partial charge on any atom is -0.491 e. The lowest BCUT2D eigenvalue weighted by atomic mass is 9.88. The fraction of sp³-hybridized carbons (Fsp3) is 0.500. The van der Waals surface area contributed by atoms with Crippen LogP contribution in [0.2, 0.25) is 0 Å². The van der Waals surface area contributed by atoms with Crippen molar-refractivity contribution in [3.05, 3.63) is 36.3 Å². The molecule has 0 unspecified atom stereocenters. The van der Waals surface area contributed by atoms with Gasteiger partial charge in [0.15, 0.2) is 5.82 Å². The second-order valence-corrected chi connectivity index (χ2v) is 9.12. The molecule has 3 aromatic rings. The van der Waals surface area contributed by atoms with Gasteiger partial charge in [0.1, 0.15) is 30.2 Å². The van der Waals surface area contributed by atoms with Crippen LogP contribution < -0.4 is 10.5 Å². The Bertz CT molecular complexity index is 1070. The maximum absolute atomic E-state index is 6.22. The fourth-order valence-electron chi connectivity index (χ4n) is 4.23. The summed E-state index contributed by atoms with van der Waals surface area (Å²) >= 11 is 0. The van der Waals surface area contributed by atoms with E-state index < -0.39 is 0 Å². The van der Waals surface area contributed by atoms with Crippen molar-refractivity contribution in [2.24, 2.45) is 5.73 Å². The summed E-state index contributed by atoms with van der Waals surface area (Å²) in [5.41, 5.74) is 9.11. The molecular weight excluding hydrogens is 378 g/mol. The second-order valence-electron chi connectivity index (χ2n) is 9.12. The number of nitrogens with two attached hydrogens (primary N) is 1. The molecule has 2 aliphatic heterocycles. The molecule has 2 N–H and O–H groups in total. The summed E-state index contributed by atoms with van der Waals surface area (Å²) in [4.78, 5) is 11.7. The molecule has 2 aromatic heterocycles. The average Bonchev–Trinajstić information content (AvgIpc) is 3.23. The lowest BCUT2D eigenvalue weighted by Crippen LogP contribution is -2.60. The predicted octanol–water partition coefficient (Wildman–Crippen LogP) is 2.88. The standard InChI is InChI=1S/C22H29N7O/c1-14(2)29-21(24-13-25-29)18-12-27-7-8-30-19-9-15(5-6-17(19)20(27)26-18)16-10-28(11-16)22(3,4)23/h5-6,9,12-14,16H,7-8,10-11,23H2,1-4H3. The molecule has 8 nitrogen and oxygen atoms in total. The van der Waals surface area contributed by atoms with E-state index in [0.717, 1.165) is 48.3 Å². The van der Waals surface area contributed by atoms with Crippen molar-refractivity contribution >= 4 is 0 Å². The van der Waals surface area contributed by atoms with Crippen LogP contribution in [0.3, 0.4) is 0 Å². The van der Waals surface area contributed by atoms with Gasteiger partial charge in [-0.1, -0.05) is 6.07 Å². The smallest absolute Gasteiger partial charge is 0.178 e. The highest BCUT2D eigenvalue weighted by Crippen LogP contribution is 2.38. The number of benzene rings is 1. The minimum absolute atomic E-state index is 0.225. The average molecular weight is 408 g/mol. The summed E-state index contributed by atoms with van der Waals surface area (Å²) in [6.45, 7) is 11.6. The van der Waals surface area contributed by atoms with Gasteiger partial charge in [0.25, 0.3) is 0 Å². The van der Waals surface area contributed by atoms with Gasteiger partial charge >= 0.3 is 0 Å². The van der Waals surface area contributed by atoms with Gasteiger partial charge in [-0.15, -0.1) is 0 Å². The van der Waals surface area contributed by atoms with Crippen LogP contribution in [0.5, 0.6) is 5.75 Å². The first-order valence-corrected chi connectivity index (χ1v) is 10.6. The molecule has 2 aliphatic rings. The van der Waals surface area contributed by atoms with Gasteiger partial charge in [-0.2, -0.15) is 5.10 Å². The van der Waals surface area contributed by atoms with Crippen molar-refractivity contribution in [3.63, 3.8) is 0 Å². The first kappa shape index (κ1) is 19.3. The van der Waals surface area contributed by atoms with Gasteiger partial charge in [-0.05, 0) is 45.4 Å². The summed E-state index contributed by atoms with van der Waals surface area (Å²) in [5.74, 6) is 3.10. The summed E-state index contributed by atoms with van der Waals surface area (Å²) in [7, 11) is 0. The Labute approximate surface area is 176 Å². The SMILES string of the molecule is CC(C)n1ncnc1-c1cn2c(n1)-c1ccc(C3CN(C(C)(C)N)C3)cc1OCC2. The molecular formula is C22H29N7O. The van der Waals surface area contributed by atoms with Crippen molar-refractivity contribution in [1.29, 1.82) is 0 Å². The lowest BCUT2D eigenvalue weighted by molar-refractivity contribution is 0.0389. The Balaban J connectivity index is 1.46. The molecule has 0 saturated carbocycles. The topological polar surface area (TPSA) is 87.0 Å². The monoisotopic (exact) mass is 407 g/mol. The number of hydrogen-bond acceptors (Lipinski definition) is 6. The Morgan fingerprint density at radius 1 is 1.20 bits per heavy atom. The molecule has 1 fully saturated rings. The first-order valence-electron chi connectivity index (χ1n) is 10.6. The number of aromatic nitrogens is 5. The van der Waals surface area contributed by atoms with Crippen LogP contribution in [0.1, 0.15) is 45.2 Å². The number of fused-ring (bicyclic) bond motifs is 3. The number of rotatable bonds is 4. The zero-order chi connectivity index (χ0) is 21.0. The second kappa shape index (κ2) is 6.92. The third kappa shape index (κ3) is 3.20. The third-order valence-corrected chi connectivity index (χ3v) is 6.07. The van der Waals surface area contributed by atoms with Gasteiger partial charge in [-0.3, -0.25) is 4.90 Å². The van der Waals surface area contributed by atoms with Crippen LogP contribution in [-0.2, 0) is 6.54 Å². The molecule has 1 aromatic carbocycles. The van der Waals surface area contributed by atoms with E-state index in [-0.39, 0.29) is 11.7 Å². The zero-order valence-electron chi connectivity index (χ0n) is 18.0. The van der Waals surface area contributed by atoms with Crippen molar-refractivity contribution < 1.29 is 4.74 Å². The largest absolute Gasteiger partial charge is 0.491 e. The molecule has 0 bridgehead atoms. The third-order valence-electron chi connectivity index (χ3n) is 6.07. The highest BCUT2D eigenvalue weighted by molar-refractivity contribution is 5.69. The quantitative estimate of drug-likeness (QED) is 0.716. The van der Waals surface area contributed by atoms with E-state index in [1.165, 1.54) is 5.56 Å². The molecule has 0 atom stereocenters. The maximum Gasteiger partial charge on any atom is 0.178 e. The first-order chi connectivity index (χ1) is 14.3. The number of nitrogens with zero attached hydrogens (tertiary/aromatic N) is 6. The Hall–Kier alpha value is -2.71. The van der Waals surface area contributed by atoms with Crippen molar-refractivity contribution in [2.75, 3.05) is 19.7 Å². The number of likely N-dealkylation sites (tertiary alicyclic amines) is 1. The van der Waals surface area contributed by atoms with Gasteiger partial charge in [0.05, 0.1) is 17.8 Å². The molecule has 0 aliphatic carbocycles. The van der Waals surface area contributed by atoms with Crippen molar-refractivity contribution in [2.45, 2.75) is 51.9 Å². The van der Waals surface area contributed by atoms with Crippen LogP contribution >= 0.6 is 0 Å². The Morgan fingerprint density at radius 2 is 2.00 bits per heavy atom. The summed E-state index contributed by atoms with van der Waals surface area (Å²) in [5, 5.41) is 4.35. The lowest BCUT2D eigenvalue weighted by Gasteiger charge is -2.47. The highest BCUT2D eigenvalue weighted by atomic mass is 16.5. The zero-order valence-corrected chi connectivity index (χ0v) is 18.0. The molecule has 30 heavy (non-hydrogen) atoms. The van der Waals surface area contributed by atoms with E-state index in [1.807, 2.05) is 4.68 Å². The van der Waals surface area contributed by atoms with Crippen LogP contribution in [0, 0.1) is 0 Å². The summed E-state index contributed by atoms with van der Waals surface area (Å²) in [6.07, 6.45) is 3.64. The van der Waals surface area contributed by atoms with E-state index in [2.05, 4.69) is 71.6 Å². The molecule has 4 heterocycles. The minimum atomic E-state index is -0.267. The predicted molar refractivity (Wildman–Crippen MR) is 115 cm³/mol. The van der Waals surface area contributed by atoms with E-state index in [0.29, 0.717) is 12.5 Å². The highest BCUT2D eigenvalue weighted by Gasteiger charge is 2.36. The van der Waals surface area contributed by atoms with Crippen molar-refractivity contribution in [1.82, 2.24) is 29.2 Å². The van der Waals surface area contributed by atoms with Gasteiger partial charge in [0, 0.05) is 31.2 Å². The van der Waals surface area contributed by atoms with E-state index in [4.69, 9.17) is 15.5 Å². The van der Waals surface area contributed by atoms with Gasteiger partial charge in [0.2, 0.25) is 0 Å². The molecule has 1 saturated heterocycles. The van der Waals surface area contributed by atoms with E-state index in [1.54, 1.807) is 6.33 Å². The molecule has 8 heteroatoms. The van der Waals surface area contributed by atoms with Crippen LogP contribution in [0.15, 0.2) is 30.7 Å². The molecule has 5 rings (SSSR count).